The molecule has 0 radical (unpaired) electrons. The first-order valence-corrected chi connectivity index (χ1v) is 11.4. The van der Waals surface area contributed by atoms with Crippen molar-refractivity contribution in [3.05, 3.63) is 42.1 Å². The number of sulfonamides is 1. The largest absolute Gasteiger partial charge is 0.352 e. The van der Waals surface area contributed by atoms with E-state index in [1.807, 2.05) is 50.8 Å². The monoisotopic (exact) mass is 430 g/mol. The Labute approximate surface area is 176 Å². The molecule has 0 spiro atoms. The van der Waals surface area contributed by atoms with Gasteiger partial charge in [-0.25, -0.2) is 18.1 Å². The average Bonchev–Trinajstić information content (AvgIpc) is 3.35. The zero-order chi connectivity index (χ0) is 21.5. The van der Waals surface area contributed by atoms with Crippen LogP contribution in [0.2, 0.25) is 0 Å². The summed E-state index contributed by atoms with van der Waals surface area (Å²) in [5, 5.41) is 13.1. The van der Waals surface area contributed by atoms with Crippen molar-refractivity contribution in [2.75, 3.05) is 31.1 Å². The molecule has 11 heteroatoms. The Balaban J connectivity index is 1.43. The topological polar surface area (TPSA) is 102 Å². The molecule has 1 aliphatic heterocycles. The molecular weight excluding hydrogens is 404 g/mol. The van der Waals surface area contributed by atoms with E-state index in [4.69, 9.17) is 0 Å². The minimum Gasteiger partial charge on any atom is -0.352 e. The second-order valence-corrected chi connectivity index (χ2v) is 9.62. The fourth-order valence-electron chi connectivity index (χ4n) is 3.48. The molecule has 4 rings (SSSR count). The van der Waals surface area contributed by atoms with Crippen molar-refractivity contribution in [1.29, 1.82) is 0 Å². The van der Waals surface area contributed by atoms with Gasteiger partial charge in [-0.05, 0) is 45.9 Å². The van der Waals surface area contributed by atoms with Gasteiger partial charge in [-0.1, -0.05) is 0 Å². The number of rotatable bonds is 5. The van der Waals surface area contributed by atoms with Crippen molar-refractivity contribution in [2.24, 2.45) is 0 Å². The lowest BCUT2D eigenvalue weighted by Crippen LogP contribution is -2.49. The standard InChI is InChI=1S/C19H26N8O2S/c1-14(2)25-12-19(20-13-25)30(28,29)26-9-7-24(8-10-26)17-5-6-18(22-21-17)27-16(4)11-15(3)23-27/h5-6,11-14H,7-10H2,1-4H3. The van der Waals surface area contributed by atoms with Crippen LogP contribution >= 0.6 is 0 Å². The molecule has 4 heterocycles. The van der Waals surface area contributed by atoms with E-state index in [9.17, 15) is 8.42 Å². The molecule has 0 bridgehead atoms. The average molecular weight is 431 g/mol. The highest BCUT2D eigenvalue weighted by atomic mass is 32.2. The first-order valence-electron chi connectivity index (χ1n) is 9.91. The Kier molecular flexibility index (Phi) is 5.33. The first-order chi connectivity index (χ1) is 14.3. The quantitative estimate of drug-likeness (QED) is 0.605. The van der Waals surface area contributed by atoms with Gasteiger partial charge in [0, 0.05) is 44.1 Å². The number of aromatic nitrogens is 6. The molecule has 30 heavy (non-hydrogen) atoms. The Morgan fingerprint density at radius 3 is 2.20 bits per heavy atom. The van der Waals surface area contributed by atoms with Gasteiger partial charge in [-0.2, -0.15) is 9.40 Å². The predicted molar refractivity (Wildman–Crippen MR) is 112 cm³/mol. The van der Waals surface area contributed by atoms with E-state index in [-0.39, 0.29) is 11.1 Å². The second kappa shape index (κ2) is 7.80. The fraction of sp³-hybridized carbons (Fsp3) is 0.474. The van der Waals surface area contributed by atoms with Gasteiger partial charge in [0.1, 0.15) is 0 Å². The van der Waals surface area contributed by atoms with Crippen LogP contribution in [0.5, 0.6) is 0 Å². The summed E-state index contributed by atoms with van der Waals surface area (Å²) >= 11 is 0. The minimum atomic E-state index is -3.60. The van der Waals surface area contributed by atoms with Crippen LogP contribution in [0.3, 0.4) is 0 Å². The Morgan fingerprint density at radius 2 is 1.67 bits per heavy atom. The molecule has 1 aliphatic rings. The van der Waals surface area contributed by atoms with Gasteiger partial charge in [-0.15, -0.1) is 10.2 Å². The molecule has 1 saturated heterocycles. The van der Waals surface area contributed by atoms with Crippen LogP contribution in [0.25, 0.3) is 5.82 Å². The molecule has 1 fully saturated rings. The van der Waals surface area contributed by atoms with Crippen LogP contribution in [0.1, 0.15) is 31.3 Å². The molecule has 0 aliphatic carbocycles. The van der Waals surface area contributed by atoms with Crippen molar-refractivity contribution in [3.63, 3.8) is 0 Å². The van der Waals surface area contributed by atoms with E-state index in [2.05, 4.69) is 20.3 Å². The van der Waals surface area contributed by atoms with E-state index >= 15 is 0 Å². The van der Waals surface area contributed by atoms with Crippen LogP contribution < -0.4 is 4.90 Å². The van der Waals surface area contributed by atoms with Crippen molar-refractivity contribution in [1.82, 2.24) is 33.8 Å². The van der Waals surface area contributed by atoms with Crippen LogP contribution in [0.15, 0.2) is 35.7 Å². The first kappa shape index (κ1) is 20.5. The third-order valence-electron chi connectivity index (χ3n) is 5.20. The van der Waals surface area contributed by atoms with E-state index < -0.39 is 10.0 Å². The normalized spacial score (nSPS) is 15.8. The van der Waals surface area contributed by atoms with E-state index in [1.165, 1.54) is 4.31 Å². The van der Waals surface area contributed by atoms with E-state index in [1.54, 1.807) is 21.8 Å². The van der Waals surface area contributed by atoms with Crippen molar-refractivity contribution in [2.45, 2.75) is 38.8 Å². The summed E-state index contributed by atoms with van der Waals surface area (Å²) < 4.78 is 30.8. The Bertz CT molecular complexity index is 1130. The zero-order valence-electron chi connectivity index (χ0n) is 17.6. The van der Waals surface area contributed by atoms with Crippen molar-refractivity contribution < 1.29 is 8.42 Å². The van der Waals surface area contributed by atoms with E-state index in [0.717, 1.165) is 17.2 Å². The fourth-order valence-corrected chi connectivity index (χ4v) is 4.83. The summed E-state index contributed by atoms with van der Waals surface area (Å²) in [5.74, 6) is 1.38. The lowest BCUT2D eigenvalue weighted by Gasteiger charge is -2.34. The Hall–Kier alpha value is -2.79. The maximum atomic E-state index is 12.9. The molecule has 0 aromatic carbocycles. The number of hydrogen-bond donors (Lipinski definition) is 0. The SMILES string of the molecule is Cc1cc(C)n(-c2ccc(N3CCN(S(=O)(=O)c4cn(C(C)C)cn4)CC3)nn2)n1. The van der Waals surface area contributed by atoms with Crippen molar-refractivity contribution >= 4 is 15.8 Å². The highest BCUT2D eigenvalue weighted by Gasteiger charge is 2.31. The van der Waals surface area contributed by atoms with Gasteiger partial charge < -0.3 is 9.47 Å². The third kappa shape index (κ3) is 3.82. The number of aryl methyl sites for hydroxylation is 2. The zero-order valence-corrected chi connectivity index (χ0v) is 18.4. The number of anilines is 1. The van der Waals surface area contributed by atoms with Crippen molar-refractivity contribution in [3.8, 4) is 5.82 Å². The highest BCUT2D eigenvalue weighted by molar-refractivity contribution is 7.89. The smallest absolute Gasteiger partial charge is 0.262 e. The van der Waals surface area contributed by atoms with Crippen LogP contribution in [0.4, 0.5) is 5.82 Å². The lowest BCUT2D eigenvalue weighted by molar-refractivity contribution is 0.382. The summed E-state index contributed by atoms with van der Waals surface area (Å²) in [4.78, 5) is 6.14. The summed E-state index contributed by atoms with van der Waals surface area (Å²) in [6.07, 6.45) is 3.16. The molecule has 160 valence electrons. The summed E-state index contributed by atoms with van der Waals surface area (Å²) in [6.45, 7) is 9.70. The van der Waals surface area contributed by atoms with Crippen LogP contribution in [0, 0.1) is 13.8 Å². The van der Waals surface area contributed by atoms with E-state index in [0.29, 0.717) is 32.0 Å². The summed E-state index contributed by atoms with van der Waals surface area (Å²) in [7, 11) is -3.60. The third-order valence-corrected chi connectivity index (χ3v) is 6.99. The lowest BCUT2D eigenvalue weighted by atomic mass is 10.3. The van der Waals surface area contributed by atoms with Gasteiger partial charge in [-0.3, -0.25) is 0 Å². The molecule has 0 unspecified atom stereocenters. The predicted octanol–water partition coefficient (Wildman–Crippen LogP) is 1.57. The molecule has 0 N–H and O–H groups in total. The molecule has 0 amide bonds. The summed E-state index contributed by atoms with van der Waals surface area (Å²) in [6, 6.07) is 5.92. The van der Waals surface area contributed by atoms with Crippen LogP contribution in [-0.4, -0.2) is 68.4 Å². The van der Waals surface area contributed by atoms with Gasteiger partial charge >= 0.3 is 0 Å². The van der Waals surface area contributed by atoms with Gasteiger partial charge in [0.15, 0.2) is 16.7 Å². The highest BCUT2D eigenvalue weighted by Crippen LogP contribution is 2.20. The number of hydrogen-bond acceptors (Lipinski definition) is 7. The molecule has 10 nitrogen and oxygen atoms in total. The summed E-state index contributed by atoms with van der Waals surface area (Å²) in [5.41, 5.74) is 1.92. The number of nitrogens with zero attached hydrogens (tertiary/aromatic N) is 8. The number of imidazole rings is 1. The molecular formula is C19H26N8O2S. The van der Waals surface area contributed by atoms with Gasteiger partial charge in [0.25, 0.3) is 10.0 Å². The molecule has 3 aromatic rings. The van der Waals surface area contributed by atoms with Gasteiger partial charge in [0.2, 0.25) is 0 Å². The second-order valence-electron chi connectivity index (χ2n) is 7.73. The van der Waals surface area contributed by atoms with Crippen LogP contribution in [-0.2, 0) is 10.0 Å². The molecule has 0 saturated carbocycles. The maximum absolute atomic E-state index is 12.9. The minimum absolute atomic E-state index is 0.0960. The number of piperazine rings is 1. The maximum Gasteiger partial charge on any atom is 0.262 e. The Morgan fingerprint density at radius 1 is 1.00 bits per heavy atom. The van der Waals surface area contributed by atoms with Gasteiger partial charge in [0.05, 0.1) is 12.0 Å². The molecule has 0 atom stereocenters. The molecule has 3 aromatic heterocycles.